The highest BCUT2D eigenvalue weighted by atomic mass is 32.2. The number of nitrogens with zero attached hydrogens (tertiary/aromatic N) is 3. The molecular formula is C24H40N4O4S. The maximum atomic E-state index is 12.9. The molecule has 8 nitrogen and oxygen atoms in total. The Morgan fingerprint density at radius 3 is 2.48 bits per heavy atom. The number of ether oxygens (including phenoxy) is 1. The summed E-state index contributed by atoms with van der Waals surface area (Å²) >= 11 is 2.06. The molecule has 2 bridgehead atoms. The van der Waals surface area contributed by atoms with Crippen LogP contribution in [0.3, 0.4) is 0 Å². The second-order valence-electron chi connectivity index (χ2n) is 10.1. The van der Waals surface area contributed by atoms with E-state index >= 15 is 0 Å². The Labute approximate surface area is 202 Å². The van der Waals surface area contributed by atoms with Crippen LogP contribution in [0.25, 0.3) is 0 Å². The quantitative estimate of drug-likeness (QED) is 0.704. The maximum absolute atomic E-state index is 12.9. The average Bonchev–Trinajstić information content (AvgIpc) is 3.59. The van der Waals surface area contributed by atoms with E-state index in [-0.39, 0.29) is 24.5 Å². The number of hydrogen-bond acceptors (Lipinski definition) is 5. The van der Waals surface area contributed by atoms with Crippen molar-refractivity contribution in [1.82, 2.24) is 10.2 Å². The van der Waals surface area contributed by atoms with Crippen LogP contribution in [0.4, 0.5) is 16.2 Å². The van der Waals surface area contributed by atoms with Gasteiger partial charge in [-0.2, -0.15) is 11.8 Å². The van der Waals surface area contributed by atoms with Gasteiger partial charge in [-0.3, -0.25) is 0 Å². The summed E-state index contributed by atoms with van der Waals surface area (Å²) in [5.74, 6) is 3.05. The van der Waals surface area contributed by atoms with E-state index in [1.807, 2.05) is 11.9 Å². The Kier molecular flexibility index (Phi) is 7.05. The Balaban J connectivity index is 0.00000108. The van der Waals surface area contributed by atoms with Gasteiger partial charge in [0, 0.05) is 87.7 Å². The third-order valence-corrected chi connectivity index (χ3v) is 9.35. The summed E-state index contributed by atoms with van der Waals surface area (Å²) in [7, 11) is 2.02. The maximum Gasteiger partial charge on any atom is 0.317 e. The summed E-state index contributed by atoms with van der Waals surface area (Å²) in [6.45, 7) is 4.91. The number of amides is 2. The van der Waals surface area contributed by atoms with Crippen LogP contribution in [0.15, 0.2) is 24.3 Å². The van der Waals surface area contributed by atoms with Crippen LogP contribution in [0.5, 0.6) is 0 Å². The van der Waals surface area contributed by atoms with Crippen molar-refractivity contribution < 1.29 is 21.9 Å². The van der Waals surface area contributed by atoms with Gasteiger partial charge in [0.25, 0.3) is 0 Å². The minimum atomic E-state index is 0. The van der Waals surface area contributed by atoms with Gasteiger partial charge in [0.1, 0.15) is 0 Å². The highest BCUT2D eigenvalue weighted by Crippen LogP contribution is 2.70. The second kappa shape index (κ2) is 9.52. The first-order valence-electron chi connectivity index (χ1n) is 12.0. The third-order valence-electron chi connectivity index (χ3n) is 8.41. The summed E-state index contributed by atoms with van der Waals surface area (Å²) in [4.78, 5) is 20.1. The molecule has 2 aliphatic carbocycles. The summed E-state index contributed by atoms with van der Waals surface area (Å²) < 4.78 is 5.43. The molecule has 0 aromatic heterocycles. The van der Waals surface area contributed by atoms with E-state index in [9.17, 15) is 4.79 Å². The molecule has 33 heavy (non-hydrogen) atoms. The molecule has 9 heteroatoms. The molecule has 0 radical (unpaired) electrons. The molecule has 2 amide bonds. The van der Waals surface area contributed by atoms with Crippen molar-refractivity contribution in [1.29, 1.82) is 0 Å². The summed E-state index contributed by atoms with van der Waals surface area (Å²) in [5, 5.41) is 3.26. The predicted octanol–water partition coefficient (Wildman–Crippen LogP) is 1.62. The van der Waals surface area contributed by atoms with Crippen LogP contribution < -0.4 is 15.1 Å². The van der Waals surface area contributed by atoms with Crippen LogP contribution in [-0.4, -0.2) is 91.4 Å². The lowest BCUT2D eigenvalue weighted by Crippen LogP contribution is -2.66. The molecule has 1 spiro atoms. The molecule has 1 aromatic carbocycles. The van der Waals surface area contributed by atoms with Crippen LogP contribution in [-0.2, 0) is 4.74 Å². The fourth-order valence-electron chi connectivity index (χ4n) is 6.74. The number of hydrogen-bond donors (Lipinski definition) is 1. The molecule has 2 unspecified atom stereocenters. The zero-order valence-electron chi connectivity index (χ0n) is 19.5. The highest BCUT2D eigenvalue weighted by Gasteiger charge is 2.75. The number of nitrogens with one attached hydrogen (secondary N) is 1. The first kappa shape index (κ1) is 24.4. The molecule has 1 aromatic rings. The van der Waals surface area contributed by atoms with Gasteiger partial charge in [-0.25, -0.2) is 4.79 Å². The van der Waals surface area contributed by atoms with E-state index in [1.165, 1.54) is 35.7 Å². The van der Waals surface area contributed by atoms with E-state index in [2.05, 4.69) is 51.1 Å². The number of benzene rings is 1. The lowest BCUT2D eigenvalue weighted by atomic mass is 9.63. The normalized spacial score (nSPS) is 32.5. The molecule has 5 N–H and O–H groups in total. The lowest BCUT2D eigenvalue weighted by molar-refractivity contribution is -0.00358. The number of rotatable bonds is 4. The molecule has 4 atom stereocenters. The van der Waals surface area contributed by atoms with Gasteiger partial charge in [0.2, 0.25) is 0 Å². The monoisotopic (exact) mass is 480 g/mol. The highest BCUT2D eigenvalue weighted by molar-refractivity contribution is 7.99. The van der Waals surface area contributed by atoms with Gasteiger partial charge < -0.3 is 35.7 Å². The predicted molar refractivity (Wildman–Crippen MR) is 136 cm³/mol. The molecule has 3 saturated heterocycles. The minimum absolute atomic E-state index is 0. The van der Waals surface area contributed by atoms with Gasteiger partial charge in [-0.15, -0.1) is 0 Å². The van der Waals surface area contributed by atoms with Gasteiger partial charge in [0.05, 0.1) is 0 Å². The fraction of sp³-hybridized carbons (Fsp3) is 0.708. The largest absolute Gasteiger partial charge is 0.412 e. The van der Waals surface area contributed by atoms with Crippen molar-refractivity contribution in [2.75, 3.05) is 61.2 Å². The Hall–Kier alpha value is -1.68. The number of fused-ring (bicyclic) bond motifs is 1. The van der Waals surface area contributed by atoms with E-state index in [0.29, 0.717) is 23.4 Å². The minimum Gasteiger partial charge on any atom is -0.412 e. The van der Waals surface area contributed by atoms with Gasteiger partial charge >= 0.3 is 6.03 Å². The van der Waals surface area contributed by atoms with Crippen molar-refractivity contribution in [2.45, 2.75) is 43.8 Å². The Morgan fingerprint density at radius 2 is 1.79 bits per heavy atom. The van der Waals surface area contributed by atoms with Crippen molar-refractivity contribution in [3.8, 4) is 0 Å². The van der Waals surface area contributed by atoms with E-state index in [1.54, 1.807) is 0 Å². The smallest absolute Gasteiger partial charge is 0.317 e. The van der Waals surface area contributed by atoms with Crippen molar-refractivity contribution in [2.24, 2.45) is 11.3 Å². The average molecular weight is 481 g/mol. The zero-order chi connectivity index (χ0) is 21.0. The number of piperidine rings is 2. The SMILES string of the molecule is CN(C(=O)NC1CCOCC1)C1[C@@H]2CN(c3ccc(N4CCSCC4)cc3)[C@@H]3CC13C2.O.O.[HH]. The van der Waals surface area contributed by atoms with E-state index in [4.69, 9.17) is 4.74 Å². The van der Waals surface area contributed by atoms with Crippen LogP contribution in [0.1, 0.15) is 27.1 Å². The molecule has 3 aliphatic heterocycles. The Morgan fingerprint density at radius 1 is 1.12 bits per heavy atom. The van der Waals surface area contributed by atoms with Crippen molar-refractivity contribution in [3.05, 3.63) is 24.3 Å². The first-order chi connectivity index (χ1) is 15.2. The fourth-order valence-corrected chi connectivity index (χ4v) is 7.64. The summed E-state index contributed by atoms with van der Waals surface area (Å²) in [6.07, 6.45) is 4.38. The Bertz CT molecular complexity index is 837. The summed E-state index contributed by atoms with van der Waals surface area (Å²) in [5.41, 5.74) is 3.05. The van der Waals surface area contributed by atoms with Crippen molar-refractivity contribution in [3.63, 3.8) is 0 Å². The van der Waals surface area contributed by atoms with Gasteiger partial charge in [-0.1, -0.05) is 0 Å². The summed E-state index contributed by atoms with van der Waals surface area (Å²) in [6, 6.07) is 10.6. The second-order valence-corrected chi connectivity index (χ2v) is 11.3. The molecule has 5 fully saturated rings. The van der Waals surface area contributed by atoms with Crippen LogP contribution >= 0.6 is 11.8 Å². The standard InChI is InChI=1S/C24H34N4O2S.2H2O.H2/c1-26(23(29)25-18-6-10-30-11-7-18)22-17-14-24(22)15-21(24)28(16-17)20-4-2-19(3-5-20)27-8-12-31-13-9-27;;;/h2-5,17-18,21-22H,6-16H2,1H3,(H,25,29);2*1H2;1H/t17-,21+,22?,24?;;;/m0.../s1. The zero-order valence-corrected chi connectivity index (χ0v) is 20.3. The van der Waals surface area contributed by atoms with E-state index in [0.717, 1.165) is 45.7 Å². The number of carbonyl (C=O) groups is 1. The third kappa shape index (κ3) is 4.17. The van der Waals surface area contributed by atoms with Crippen molar-refractivity contribution >= 4 is 29.2 Å². The number of urea groups is 1. The van der Waals surface area contributed by atoms with Gasteiger partial charge in [0.15, 0.2) is 0 Å². The number of carbonyl (C=O) groups excluding carboxylic acids is 1. The topological polar surface area (TPSA) is 111 Å². The number of anilines is 2. The number of thioether (sulfide) groups is 1. The molecule has 6 rings (SSSR count). The molecular weight excluding hydrogens is 440 g/mol. The molecule has 186 valence electrons. The van der Waals surface area contributed by atoms with E-state index < -0.39 is 0 Å². The molecule has 5 aliphatic rings. The molecule has 3 heterocycles. The first-order valence-corrected chi connectivity index (χ1v) is 13.1. The van der Waals surface area contributed by atoms with Crippen LogP contribution in [0.2, 0.25) is 0 Å². The van der Waals surface area contributed by atoms with Crippen LogP contribution in [0, 0.1) is 11.3 Å². The van der Waals surface area contributed by atoms with Gasteiger partial charge in [-0.05, 0) is 55.9 Å². The molecule has 2 saturated carbocycles. The lowest BCUT2D eigenvalue weighted by Gasteiger charge is -2.57.